The maximum absolute atomic E-state index is 12.2. The normalized spacial score (nSPS) is 12.1. The van der Waals surface area contributed by atoms with Gasteiger partial charge in [0.05, 0.1) is 5.56 Å². The molecule has 7 nitrogen and oxygen atoms in total. The van der Waals surface area contributed by atoms with E-state index in [2.05, 4.69) is 22.2 Å². The van der Waals surface area contributed by atoms with Crippen molar-refractivity contribution in [3.63, 3.8) is 0 Å². The summed E-state index contributed by atoms with van der Waals surface area (Å²) in [5.74, 6) is 1.85. The second-order valence-electron chi connectivity index (χ2n) is 5.92. The lowest BCUT2D eigenvalue weighted by atomic mass is 10.2. The molecule has 3 rings (SSSR count). The van der Waals surface area contributed by atoms with Gasteiger partial charge in [0.25, 0.3) is 5.91 Å². The van der Waals surface area contributed by atoms with Crippen molar-refractivity contribution in [1.29, 1.82) is 0 Å². The highest BCUT2D eigenvalue weighted by Crippen LogP contribution is 2.32. The predicted octanol–water partition coefficient (Wildman–Crippen LogP) is 2.37. The Labute approximate surface area is 147 Å². The van der Waals surface area contributed by atoms with Crippen LogP contribution in [0.4, 0.5) is 5.95 Å². The Kier molecular flexibility index (Phi) is 5.33. The molecule has 0 fully saturated rings. The number of carbonyl (C=O) groups is 1. The van der Waals surface area contributed by atoms with Crippen molar-refractivity contribution in [3.8, 4) is 11.5 Å². The number of rotatable bonds is 7. The lowest BCUT2D eigenvalue weighted by Gasteiger charge is -2.16. The molecule has 0 bridgehead atoms. The van der Waals surface area contributed by atoms with Gasteiger partial charge in [0.15, 0.2) is 11.5 Å². The summed E-state index contributed by atoms with van der Waals surface area (Å²) < 4.78 is 10.6. The number of amides is 1. The van der Waals surface area contributed by atoms with Crippen LogP contribution in [0.1, 0.15) is 35.7 Å². The van der Waals surface area contributed by atoms with Gasteiger partial charge in [-0.1, -0.05) is 19.4 Å². The molecule has 132 valence electrons. The van der Waals surface area contributed by atoms with E-state index in [1.807, 2.05) is 30.1 Å². The molecule has 0 unspecified atom stereocenters. The first kappa shape index (κ1) is 17.0. The van der Waals surface area contributed by atoms with Gasteiger partial charge in [-0.3, -0.25) is 4.79 Å². The van der Waals surface area contributed by atoms with Gasteiger partial charge in [-0.05, 0) is 24.1 Å². The fraction of sp³-hybridized carbons (Fsp3) is 0.389. The smallest absolute Gasteiger partial charge is 0.254 e. The Morgan fingerprint density at radius 2 is 2.00 bits per heavy atom. The van der Waals surface area contributed by atoms with Crippen LogP contribution in [0.15, 0.2) is 30.6 Å². The van der Waals surface area contributed by atoms with E-state index in [-0.39, 0.29) is 12.7 Å². The van der Waals surface area contributed by atoms with Crippen molar-refractivity contribution in [1.82, 2.24) is 15.3 Å². The minimum atomic E-state index is -0.208. The highest BCUT2D eigenvalue weighted by molar-refractivity contribution is 5.93. The third-order valence-electron chi connectivity index (χ3n) is 3.98. The summed E-state index contributed by atoms with van der Waals surface area (Å²) in [5, 5.41) is 2.86. The van der Waals surface area contributed by atoms with Gasteiger partial charge in [-0.2, -0.15) is 0 Å². The molecule has 1 amide bonds. The standard InChI is InChI=1S/C18H22N4O3/c1-3-4-7-22(2)18-20-10-14(11-21-18)17(23)19-9-13-5-6-15-16(8-13)25-12-24-15/h5-6,8,10-11H,3-4,7,9,12H2,1-2H3,(H,19,23). The summed E-state index contributed by atoms with van der Waals surface area (Å²) in [7, 11) is 1.95. The molecule has 0 radical (unpaired) electrons. The Hall–Kier alpha value is -2.83. The molecule has 2 heterocycles. The van der Waals surface area contributed by atoms with Crippen LogP contribution < -0.4 is 19.7 Å². The second-order valence-corrected chi connectivity index (χ2v) is 5.92. The topological polar surface area (TPSA) is 76.6 Å². The SMILES string of the molecule is CCCCN(C)c1ncc(C(=O)NCc2ccc3c(c2)OCO3)cn1. The molecule has 1 aromatic heterocycles. The number of ether oxygens (including phenoxy) is 2. The number of carbonyl (C=O) groups excluding carboxylic acids is 1. The van der Waals surface area contributed by atoms with Crippen LogP contribution in [-0.4, -0.2) is 36.3 Å². The molecule has 1 aliphatic rings. The summed E-state index contributed by atoms with van der Waals surface area (Å²) in [6.07, 6.45) is 5.31. The maximum Gasteiger partial charge on any atom is 0.254 e. The second kappa shape index (κ2) is 7.83. The van der Waals surface area contributed by atoms with Crippen LogP contribution in [0.25, 0.3) is 0 Å². The first-order chi connectivity index (χ1) is 12.2. The fourth-order valence-electron chi connectivity index (χ4n) is 2.47. The zero-order valence-corrected chi connectivity index (χ0v) is 14.5. The van der Waals surface area contributed by atoms with Gasteiger partial charge < -0.3 is 19.7 Å². The van der Waals surface area contributed by atoms with Gasteiger partial charge in [0.2, 0.25) is 12.7 Å². The summed E-state index contributed by atoms with van der Waals surface area (Å²) in [5.41, 5.74) is 1.38. The fourth-order valence-corrected chi connectivity index (χ4v) is 2.47. The maximum atomic E-state index is 12.2. The number of unbranched alkanes of at least 4 members (excludes halogenated alkanes) is 1. The monoisotopic (exact) mass is 342 g/mol. The quantitative estimate of drug-likeness (QED) is 0.832. The van der Waals surface area contributed by atoms with E-state index in [1.54, 1.807) is 12.4 Å². The van der Waals surface area contributed by atoms with E-state index in [1.165, 1.54) is 0 Å². The van der Waals surface area contributed by atoms with Crippen molar-refractivity contribution in [2.45, 2.75) is 26.3 Å². The van der Waals surface area contributed by atoms with Gasteiger partial charge >= 0.3 is 0 Å². The number of benzene rings is 1. The van der Waals surface area contributed by atoms with Crippen LogP contribution >= 0.6 is 0 Å². The Bertz CT molecular complexity index is 734. The van der Waals surface area contributed by atoms with E-state index >= 15 is 0 Å². The van der Waals surface area contributed by atoms with Crippen molar-refractivity contribution in [2.75, 3.05) is 25.3 Å². The highest BCUT2D eigenvalue weighted by atomic mass is 16.7. The predicted molar refractivity (Wildman–Crippen MR) is 93.9 cm³/mol. The summed E-state index contributed by atoms with van der Waals surface area (Å²) in [4.78, 5) is 22.8. The minimum absolute atomic E-state index is 0.208. The third-order valence-corrected chi connectivity index (χ3v) is 3.98. The molecule has 0 saturated heterocycles. The van der Waals surface area contributed by atoms with E-state index in [0.29, 0.717) is 23.8 Å². The van der Waals surface area contributed by atoms with Crippen molar-refractivity contribution in [3.05, 3.63) is 41.7 Å². The first-order valence-corrected chi connectivity index (χ1v) is 8.37. The van der Waals surface area contributed by atoms with Gasteiger partial charge in [-0.25, -0.2) is 9.97 Å². The Morgan fingerprint density at radius 3 is 2.76 bits per heavy atom. The van der Waals surface area contributed by atoms with Gasteiger partial charge in [0.1, 0.15) is 0 Å². The van der Waals surface area contributed by atoms with Gasteiger partial charge in [0, 0.05) is 32.5 Å². The zero-order valence-electron chi connectivity index (χ0n) is 14.5. The van der Waals surface area contributed by atoms with Crippen LogP contribution in [0.3, 0.4) is 0 Å². The third kappa shape index (κ3) is 4.17. The lowest BCUT2D eigenvalue weighted by Crippen LogP contribution is -2.24. The number of nitrogens with one attached hydrogen (secondary N) is 1. The van der Waals surface area contributed by atoms with Crippen molar-refractivity contribution in [2.24, 2.45) is 0 Å². The zero-order chi connectivity index (χ0) is 17.6. The van der Waals surface area contributed by atoms with Crippen LogP contribution in [0, 0.1) is 0 Å². The molecule has 1 aliphatic heterocycles. The molecular weight excluding hydrogens is 320 g/mol. The van der Waals surface area contributed by atoms with E-state index in [9.17, 15) is 4.79 Å². The number of nitrogens with zero attached hydrogens (tertiary/aromatic N) is 3. The van der Waals surface area contributed by atoms with Gasteiger partial charge in [-0.15, -0.1) is 0 Å². The average molecular weight is 342 g/mol. The molecule has 0 spiro atoms. The summed E-state index contributed by atoms with van der Waals surface area (Å²) in [6, 6.07) is 5.61. The largest absolute Gasteiger partial charge is 0.454 e. The number of hydrogen-bond donors (Lipinski definition) is 1. The molecule has 0 atom stereocenters. The molecule has 2 aromatic rings. The van der Waals surface area contributed by atoms with Crippen molar-refractivity contribution >= 4 is 11.9 Å². The van der Waals surface area contributed by atoms with Crippen LogP contribution in [0.2, 0.25) is 0 Å². The Balaban J connectivity index is 1.56. The number of fused-ring (bicyclic) bond motifs is 1. The van der Waals surface area contributed by atoms with Crippen molar-refractivity contribution < 1.29 is 14.3 Å². The molecule has 25 heavy (non-hydrogen) atoms. The lowest BCUT2D eigenvalue weighted by molar-refractivity contribution is 0.0950. The summed E-state index contributed by atoms with van der Waals surface area (Å²) >= 11 is 0. The van der Waals surface area contributed by atoms with E-state index < -0.39 is 0 Å². The highest BCUT2D eigenvalue weighted by Gasteiger charge is 2.14. The van der Waals surface area contributed by atoms with E-state index in [0.717, 1.165) is 30.7 Å². The summed E-state index contributed by atoms with van der Waals surface area (Å²) in [6.45, 7) is 3.67. The minimum Gasteiger partial charge on any atom is -0.454 e. The van der Waals surface area contributed by atoms with E-state index in [4.69, 9.17) is 9.47 Å². The molecule has 1 N–H and O–H groups in total. The molecule has 0 saturated carbocycles. The molecule has 7 heteroatoms. The molecule has 1 aromatic carbocycles. The number of hydrogen-bond acceptors (Lipinski definition) is 6. The van der Waals surface area contributed by atoms with Crippen LogP contribution in [0.5, 0.6) is 11.5 Å². The number of aromatic nitrogens is 2. The Morgan fingerprint density at radius 1 is 1.24 bits per heavy atom. The van der Waals surface area contributed by atoms with Crippen LogP contribution in [-0.2, 0) is 6.54 Å². The molecular formula is C18H22N4O3. The number of anilines is 1. The average Bonchev–Trinajstić information content (AvgIpc) is 3.12. The molecule has 0 aliphatic carbocycles. The first-order valence-electron chi connectivity index (χ1n) is 8.37.